The second-order valence-corrected chi connectivity index (χ2v) is 8.15. The van der Waals surface area contributed by atoms with E-state index in [0.29, 0.717) is 53.2 Å². The molecule has 3 aromatic rings. The fourth-order valence-electron chi connectivity index (χ4n) is 4.33. The normalized spacial score (nSPS) is 16.1. The molecule has 168 valence electrons. The number of fused-ring (bicyclic) bond motifs is 2. The number of nitrogens with zero attached hydrogens (tertiary/aromatic N) is 2. The lowest BCUT2D eigenvalue weighted by Gasteiger charge is -2.36. The number of ether oxygens (including phenoxy) is 2. The van der Waals surface area contributed by atoms with Crippen molar-refractivity contribution in [3.8, 4) is 11.5 Å². The zero-order chi connectivity index (χ0) is 22.1. The van der Waals surface area contributed by atoms with Gasteiger partial charge >= 0.3 is 0 Å². The zero-order valence-electron chi connectivity index (χ0n) is 17.6. The summed E-state index contributed by atoms with van der Waals surface area (Å²) in [6.07, 6.45) is 3.98. The van der Waals surface area contributed by atoms with Crippen LogP contribution in [0.3, 0.4) is 0 Å². The van der Waals surface area contributed by atoms with E-state index >= 15 is 0 Å². The average Bonchev–Trinajstić information content (AvgIpc) is 3.27. The Bertz CT molecular complexity index is 1190. The van der Waals surface area contributed by atoms with Gasteiger partial charge in [-0.2, -0.15) is 0 Å². The van der Waals surface area contributed by atoms with Crippen LogP contribution in [0.5, 0.6) is 11.5 Å². The minimum atomic E-state index is -0.812. The minimum Gasteiger partial charge on any atom is -0.464 e. The lowest BCUT2D eigenvalue weighted by molar-refractivity contribution is 0.174. The Kier molecular flexibility index (Phi) is 5.70. The van der Waals surface area contributed by atoms with Gasteiger partial charge in [0.15, 0.2) is 28.6 Å². The maximum absolute atomic E-state index is 14.0. The molecular weight excluding hydrogens is 418 g/mol. The molecule has 8 heteroatoms. The van der Waals surface area contributed by atoms with E-state index in [-0.39, 0.29) is 12.2 Å². The van der Waals surface area contributed by atoms with Crippen LogP contribution >= 0.6 is 0 Å². The number of hydrogen-bond donors (Lipinski definition) is 0. The summed E-state index contributed by atoms with van der Waals surface area (Å²) < 4.78 is 43.8. The van der Waals surface area contributed by atoms with Gasteiger partial charge < -0.3 is 18.8 Å². The van der Waals surface area contributed by atoms with Crippen LogP contribution in [-0.4, -0.2) is 44.4 Å². The molecule has 1 saturated heterocycles. The molecule has 1 aromatic heterocycles. The predicted molar refractivity (Wildman–Crippen MR) is 117 cm³/mol. The van der Waals surface area contributed by atoms with Gasteiger partial charge in [0.2, 0.25) is 6.79 Å². The van der Waals surface area contributed by atoms with Crippen molar-refractivity contribution in [1.29, 1.82) is 0 Å². The molecule has 0 unspecified atom stereocenters. The Labute approximate surface area is 183 Å². The van der Waals surface area contributed by atoms with Crippen molar-refractivity contribution in [3.63, 3.8) is 0 Å². The van der Waals surface area contributed by atoms with Crippen molar-refractivity contribution < 1.29 is 22.7 Å². The number of halogens is 2. The molecular formula is C24H24F2N2O4. The van der Waals surface area contributed by atoms with Crippen LogP contribution in [0.25, 0.3) is 11.0 Å². The van der Waals surface area contributed by atoms with Gasteiger partial charge in [0.25, 0.3) is 0 Å². The first-order chi connectivity index (χ1) is 15.6. The first-order valence-corrected chi connectivity index (χ1v) is 10.9. The Morgan fingerprint density at radius 1 is 0.969 bits per heavy atom. The second-order valence-electron chi connectivity index (χ2n) is 8.15. The third-order valence-corrected chi connectivity index (χ3v) is 6.15. The van der Waals surface area contributed by atoms with Gasteiger partial charge in [0, 0.05) is 37.8 Å². The van der Waals surface area contributed by atoms with E-state index in [9.17, 15) is 13.6 Å². The summed E-state index contributed by atoms with van der Waals surface area (Å²) in [4.78, 5) is 17.0. The summed E-state index contributed by atoms with van der Waals surface area (Å²) in [5.74, 6) is -0.430. The van der Waals surface area contributed by atoms with E-state index in [1.807, 2.05) is 4.90 Å². The van der Waals surface area contributed by atoms with Crippen LogP contribution < -0.4 is 19.8 Å². The van der Waals surface area contributed by atoms with Crippen molar-refractivity contribution in [2.75, 3.05) is 44.4 Å². The van der Waals surface area contributed by atoms with Crippen LogP contribution in [0.1, 0.15) is 18.4 Å². The minimum absolute atomic E-state index is 0.0321. The third kappa shape index (κ3) is 4.02. The first kappa shape index (κ1) is 20.8. The van der Waals surface area contributed by atoms with Crippen molar-refractivity contribution in [2.24, 2.45) is 0 Å². The maximum atomic E-state index is 14.0. The van der Waals surface area contributed by atoms with Crippen LogP contribution in [0, 0.1) is 11.6 Å². The van der Waals surface area contributed by atoms with Gasteiger partial charge in [0.05, 0.1) is 17.3 Å². The highest BCUT2D eigenvalue weighted by Crippen LogP contribution is 2.35. The summed E-state index contributed by atoms with van der Waals surface area (Å²) in [5, 5.41) is 0.507. The van der Waals surface area contributed by atoms with Gasteiger partial charge in [-0.1, -0.05) is 6.07 Å². The van der Waals surface area contributed by atoms with Crippen molar-refractivity contribution in [1.82, 2.24) is 4.90 Å². The van der Waals surface area contributed by atoms with Crippen LogP contribution in [0.15, 0.2) is 45.8 Å². The standard InChI is InChI=1S/C24H24F2N2O4/c25-18-5-3-6-19(23(18)26)28-10-8-27(9-11-28)7-2-1-4-16-14-30-20-13-22-21(31-15-32-22)12-17(20)24(16)29/h3,5-6,12-14H,1-2,4,7-11,15H2. The molecule has 2 aliphatic rings. The number of piperazine rings is 1. The number of unbranched alkanes of at least 4 members (excludes halogenated alkanes) is 1. The van der Waals surface area contributed by atoms with Crippen LogP contribution in [0.4, 0.5) is 14.5 Å². The molecule has 3 heterocycles. The van der Waals surface area contributed by atoms with E-state index in [1.165, 1.54) is 6.07 Å². The molecule has 2 aromatic carbocycles. The molecule has 0 amide bonds. The molecule has 0 saturated carbocycles. The summed E-state index contributed by atoms with van der Waals surface area (Å²) in [6.45, 7) is 3.95. The molecule has 2 aliphatic heterocycles. The van der Waals surface area contributed by atoms with E-state index in [1.54, 1.807) is 24.5 Å². The lowest BCUT2D eigenvalue weighted by atomic mass is 10.1. The molecule has 0 aliphatic carbocycles. The molecule has 0 N–H and O–H groups in total. The van der Waals surface area contributed by atoms with Crippen LogP contribution in [0.2, 0.25) is 0 Å². The number of anilines is 1. The number of benzene rings is 2. The largest absolute Gasteiger partial charge is 0.464 e. The third-order valence-electron chi connectivity index (χ3n) is 6.15. The van der Waals surface area contributed by atoms with Crippen molar-refractivity contribution >= 4 is 16.7 Å². The van der Waals surface area contributed by atoms with E-state index in [4.69, 9.17) is 13.9 Å². The molecule has 0 radical (unpaired) electrons. The fraction of sp³-hybridized carbons (Fsp3) is 0.375. The smallest absolute Gasteiger partial charge is 0.231 e. The molecule has 1 fully saturated rings. The monoisotopic (exact) mass is 442 g/mol. The van der Waals surface area contributed by atoms with Gasteiger partial charge in [-0.3, -0.25) is 9.69 Å². The number of rotatable bonds is 6. The number of aryl methyl sites for hydroxylation is 1. The highest BCUT2D eigenvalue weighted by atomic mass is 19.2. The van der Waals surface area contributed by atoms with Gasteiger partial charge in [-0.25, -0.2) is 8.78 Å². The SMILES string of the molecule is O=c1c(CCCCN2CCN(c3cccc(F)c3F)CC2)coc2cc3c(cc12)OCO3. The Hall–Kier alpha value is -3.13. The highest BCUT2D eigenvalue weighted by molar-refractivity contribution is 5.81. The summed E-state index contributed by atoms with van der Waals surface area (Å²) in [6, 6.07) is 7.68. The van der Waals surface area contributed by atoms with E-state index in [0.717, 1.165) is 38.5 Å². The van der Waals surface area contributed by atoms with Gasteiger partial charge in [0.1, 0.15) is 5.58 Å². The zero-order valence-corrected chi connectivity index (χ0v) is 17.6. The summed E-state index contributed by atoms with van der Waals surface area (Å²) in [7, 11) is 0. The Morgan fingerprint density at radius 2 is 1.75 bits per heavy atom. The Morgan fingerprint density at radius 3 is 2.56 bits per heavy atom. The van der Waals surface area contributed by atoms with E-state index < -0.39 is 11.6 Å². The second kappa shape index (κ2) is 8.78. The molecule has 0 spiro atoms. The van der Waals surface area contributed by atoms with E-state index in [2.05, 4.69) is 4.90 Å². The average molecular weight is 442 g/mol. The van der Waals surface area contributed by atoms with Crippen LogP contribution in [-0.2, 0) is 6.42 Å². The molecule has 0 atom stereocenters. The highest BCUT2D eigenvalue weighted by Gasteiger charge is 2.21. The van der Waals surface area contributed by atoms with Gasteiger partial charge in [-0.15, -0.1) is 0 Å². The Balaban J connectivity index is 1.12. The van der Waals surface area contributed by atoms with Crippen molar-refractivity contribution in [3.05, 3.63) is 64.0 Å². The lowest BCUT2D eigenvalue weighted by Crippen LogP contribution is -2.47. The first-order valence-electron chi connectivity index (χ1n) is 10.9. The molecule has 0 bridgehead atoms. The molecule has 5 rings (SSSR count). The molecule has 32 heavy (non-hydrogen) atoms. The van der Waals surface area contributed by atoms with Crippen molar-refractivity contribution in [2.45, 2.75) is 19.3 Å². The van der Waals surface area contributed by atoms with Gasteiger partial charge in [-0.05, 0) is 44.0 Å². The maximum Gasteiger partial charge on any atom is 0.231 e. The predicted octanol–water partition coefficient (Wildman–Crippen LogP) is 3.94. The quantitative estimate of drug-likeness (QED) is 0.539. The summed E-state index contributed by atoms with van der Waals surface area (Å²) in [5.41, 5.74) is 1.45. The fourth-order valence-corrected chi connectivity index (χ4v) is 4.33. The topological polar surface area (TPSA) is 55.2 Å². The number of hydrogen-bond acceptors (Lipinski definition) is 6. The summed E-state index contributed by atoms with van der Waals surface area (Å²) >= 11 is 0. The molecule has 6 nitrogen and oxygen atoms in total.